The van der Waals surface area contributed by atoms with Crippen molar-refractivity contribution >= 4 is 0 Å². The molecule has 1 atom stereocenters. The molecule has 0 radical (unpaired) electrons. The maximum Gasteiger partial charge on any atom is 0.0466 e. The van der Waals surface area contributed by atoms with Gasteiger partial charge in [0.1, 0.15) is 0 Å². The smallest absolute Gasteiger partial charge is 0.0466 e. The van der Waals surface area contributed by atoms with Crippen LogP contribution in [0.4, 0.5) is 0 Å². The summed E-state index contributed by atoms with van der Waals surface area (Å²) in [5, 5.41) is 3.56. The highest BCUT2D eigenvalue weighted by atomic mass is 15.1. The van der Waals surface area contributed by atoms with Crippen LogP contribution in [-0.4, -0.2) is 32.1 Å². The fourth-order valence-corrected chi connectivity index (χ4v) is 1.86. The molecule has 1 unspecified atom stereocenters. The maximum atomic E-state index is 3.56. The van der Waals surface area contributed by atoms with Crippen LogP contribution in [-0.2, 0) is 0 Å². The Morgan fingerprint density at radius 3 is 2.18 bits per heavy atom. The molecule has 0 saturated heterocycles. The maximum absolute atomic E-state index is 3.56. The molecule has 0 heterocycles. The van der Waals surface area contributed by atoms with E-state index in [1.165, 1.54) is 5.56 Å². The van der Waals surface area contributed by atoms with Gasteiger partial charge in [0, 0.05) is 19.1 Å². The molecule has 1 N–H and O–H groups in total. The van der Waals surface area contributed by atoms with Gasteiger partial charge in [-0.1, -0.05) is 51.1 Å². The van der Waals surface area contributed by atoms with Crippen LogP contribution in [0.1, 0.15) is 32.4 Å². The monoisotopic (exact) mass is 234 g/mol. The van der Waals surface area contributed by atoms with Crippen molar-refractivity contribution in [2.75, 3.05) is 27.2 Å². The number of rotatable bonds is 5. The lowest BCUT2D eigenvalue weighted by Gasteiger charge is -2.27. The third kappa shape index (κ3) is 5.33. The second-order valence-corrected chi connectivity index (χ2v) is 6.08. The molecule has 0 aliphatic carbocycles. The van der Waals surface area contributed by atoms with Crippen LogP contribution in [0.3, 0.4) is 0 Å². The third-order valence-electron chi connectivity index (χ3n) is 2.80. The van der Waals surface area contributed by atoms with Crippen molar-refractivity contribution in [3.8, 4) is 0 Å². The molecule has 96 valence electrons. The van der Waals surface area contributed by atoms with Gasteiger partial charge in [-0.15, -0.1) is 0 Å². The molecule has 1 aromatic carbocycles. The molecule has 0 amide bonds. The van der Waals surface area contributed by atoms with E-state index in [1.54, 1.807) is 0 Å². The minimum atomic E-state index is 0.341. The van der Waals surface area contributed by atoms with E-state index in [4.69, 9.17) is 0 Å². The summed E-state index contributed by atoms with van der Waals surface area (Å²) in [5.41, 5.74) is 1.71. The second kappa shape index (κ2) is 6.18. The van der Waals surface area contributed by atoms with Gasteiger partial charge in [0.25, 0.3) is 0 Å². The van der Waals surface area contributed by atoms with Crippen molar-refractivity contribution in [1.82, 2.24) is 10.2 Å². The first-order chi connectivity index (χ1) is 7.90. The Morgan fingerprint density at radius 1 is 1.12 bits per heavy atom. The zero-order valence-corrected chi connectivity index (χ0v) is 11.8. The molecular formula is C15H26N2. The zero-order chi connectivity index (χ0) is 12.9. The van der Waals surface area contributed by atoms with E-state index >= 15 is 0 Å². The summed E-state index contributed by atoms with van der Waals surface area (Å²) in [6.07, 6.45) is 0. The Bertz CT molecular complexity index is 311. The van der Waals surface area contributed by atoms with Gasteiger partial charge < -0.3 is 10.2 Å². The number of hydrogen-bond acceptors (Lipinski definition) is 2. The van der Waals surface area contributed by atoms with Gasteiger partial charge >= 0.3 is 0 Å². The highest BCUT2D eigenvalue weighted by Gasteiger charge is 2.15. The summed E-state index contributed by atoms with van der Waals surface area (Å²) in [6, 6.07) is 11.1. The first kappa shape index (κ1) is 14.2. The first-order valence-electron chi connectivity index (χ1n) is 6.32. The molecule has 0 saturated carbocycles. The summed E-state index contributed by atoms with van der Waals surface area (Å²) < 4.78 is 0. The van der Waals surface area contributed by atoms with E-state index in [0.29, 0.717) is 11.5 Å². The highest BCUT2D eigenvalue weighted by molar-refractivity contribution is 5.19. The number of nitrogens with zero attached hydrogens (tertiary/aromatic N) is 1. The Balaban J connectivity index is 2.57. The van der Waals surface area contributed by atoms with E-state index in [1.807, 2.05) is 0 Å². The molecule has 1 rings (SSSR count). The van der Waals surface area contributed by atoms with Gasteiger partial charge in [-0.05, 0) is 25.1 Å². The van der Waals surface area contributed by atoms with Crippen LogP contribution in [0, 0.1) is 5.41 Å². The first-order valence-corrected chi connectivity index (χ1v) is 6.32. The molecule has 0 spiro atoms. The Kier molecular flexibility index (Phi) is 5.16. The molecule has 0 aliphatic rings. The highest BCUT2D eigenvalue weighted by Crippen LogP contribution is 2.17. The average Bonchev–Trinajstić information content (AvgIpc) is 2.23. The summed E-state index contributed by atoms with van der Waals surface area (Å²) in [4.78, 5) is 2.27. The van der Waals surface area contributed by atoms with E-state index in [-0.39, 0.29) is 0 Å². The predicted octanol–water partition coefficient (Wildman–Crippen LogP) is 2.93. The van der Waals surface area contributed by atoms with Crippen molar-refractivity contribution in [1.29, 1.82) is 0 Å². The van der Waals surface area contributed by atoms with Gasteiger partial charge in [-0.25, -0.2) is 0 Å². The normalized spacial score (nSPS) is 14.0. The van der Waals surface area contributed by atoms with Crippen molar-refractivity contribution in [3.05, 3.63) is 35.9 Å². The minimum Gasteiger partial charge on any atom is -0.314 e. The Labute approximate surface area is 106 Å². The van der Waals surface area contributed by atoms with Crippen LogP contribution < -0.4 is 5.32 Å². The Hall–Kier alpha value is -0.860. The van der Waals surface area contributed by atoms with E-state index in [2.05, 4.69) is 75.4 Å². The zero-order valence-electron chi connectivity index (χ0n) is 11.8. The SMILES string of the molecule is CN(C)C(CNCC(C)(C)C)c1ccccc1. The number of nitrogens with one attached hydrogen (secondary N) is 1. The minimum absolute atomic E-state index is 0.341. The van der Waals surface area contributed by atoms with E-state index in [9.17, 15) is 0 Å². The standard InChI is InChI=1S/C15H26N2/c1-15(2,3)12-16-11-14(17(4)5)13-9-7-6-8-10-13/h6-10,14,16H,11-12H2,1-5H3. The molecule has 0 aliphatic heterocycles. The van der Waals surface area contributed by atoms with Crippen LogP contribution in [0.2, 0.25) is 0 Å². The number of likely N-dealkylation sites (N-methyl/N-ethyl adjacent to an activating group) is 1. The summed E-state index contributed by atoms with van der Waals surface area (Å²) in [7, 11) is 4.27. The summed E-state index contributed by atoms with van der Waals surface area (Å²) >= 11 is 0. The lowest BCUT2D eigenvalue weighted by Crippen LogP contribution is -2.35. The van der Waals surface area contributed by atoms with Crippen LogP contribution >= 0.6 is 0 Å². The fraction of sp³-hybridized carbons (Fsp3) is 0.600. The Morgan fingerprint density at radius 2 is 1.71 bits per heavy atom. The molecule has 0 bridgehead atoms. The largest absolute Gasteiger partial charge is 0.314 e. The van der Waals surface area contributed by atoms with Gasteiger partial charge in [0.2, 0.25) is 0 Å². The van der Waals surface area contributed by atoms with Crippen LogP contribution in [0.25, 0.3) is 0 Å². The van der Waals surface area contributed by atoms with Crippen molar-refractivity contribution in [3.63, 3.8) is 0 Å². The third-order valence-corrected chi connectivity index (χ3v) is 2.80. The quantitative estimate of drug-likeness (QED) is 0.842. The topological polar surface area (TPSA) is 15.3 Å². The summed E-state index contributed by atoms with van der Waals surface area (Å²) in [5.74, 6) is 0. The van der Waals surface area contributed by atoms with Gasteiger partial charge in [-0.3, -0.25) is 0 Å². The van der Waals surface area contributed by atoms with Crippen LogP contribution in [0.15, 0.2) is 30.3 Å². The van der Waals surface area contributed by atoms with Crippen molar-refractivity contribution < 1.29 is 0 Å². The summed E-state index contributed by atoms with van der Waals surface area (Å²) in [6.45, 7) is 8.81. The fourth-order valence-electron chi connectivity index (χ4n) is 1.86. The number of hydrogen-bond donors (Lipinski definition) is 1. The second-order valence-electron chi connectivity index (χ2n) is 6.08. The molecule has 0 fully saturated rings. The molecule has 1 aromatic rings. The van der Waals surface area contributed by atoms with Crippen molar-refractivity contribution in [2.24, 2.45) is 5.41 Å². The van der Waals surface area contributed by atoms with Gasteiger partial charge in [-0.2, -0.15) is 0 Å². The van der Waals surface area contributed by atoms with E-state index < -0.39 is 0 Å². The van der Waals surface area contributed by atoms with Crippen LogP contribution in [0.5, 0.6) is 0 Å². The van der Waals surface area contributed by atoms with Gasteiger partial charge in [0.15, 0.2) is 0 Å². The molecular weight excluding hydrogens is 208 g/mol. The molecule has 2 heteroatoms. The van der Waals surface area contributed by atoms with Crippen molar-refractivity contribution in [2.45, 2.75) is 26.8 Å². The lowest BCUT2D eigenvalue weighted by molar-refractivity contribution is 0.273. The number of benzene rings is 1. The predicted molar refractivity (Wildman–Crippen MR) is 75.2 cm³/mol. The lowest BCUT2D eigenvalue weighted by atomic mass is 9.96. The van der Waals surface area contributed by atoms with Gasteiger partial charge in [0.05, 0.1) is 0 Å². The molecule has 0 aromatic heterocycles. The molecule has 17 heavy (non-hydrogen) atoms. The van der Waals surface area contributed by atoms with E-state index in [0.717, 1.165) is 13.1 Å². The molecule has 2 nitrogen and oxygen atoms in total. The average molecular weight is 234 g/mol.